The topological polar surface area (TPSA) is 103 Å². The molecule has 1 spiro atoms. The van der Waals surface area contributed by atoms with Crippen LogP contribution in [0, 0.1) is 0 Å². The number of fused-ring (bicyclic) bond motifs is 2. The van der Waals surface area contributed by atoms with E-state index >= 15 is 0 Å². The van der Waals surface area contributed by atoms with Crippen LogP contribution in [0.1, 0.15) is 18.9 Å². The maximum Gasteiger partial charge on any atom is 0.219 e. The Kier molecular flexibility index (Phi) is 6.04. The third-order valence-electron chi connectivity index (χ3n) is 5.44. The van der Waals surface area contributed by atoms with Crippen LogP contribution in [0.4, 0.5) is 5.69 Å². The number of rotatable bonds is 5. The minimum Gasteiger partial charge on any atom is -0.482 e. The number of likely N-dealkylation sites (tertiary alicyclic amines) is 1. The fraction of sp³-hybridized carbons (Fsp3) is 0.400. The molecule has 4 N–H and O–H groups in total. The Labute approximate surface area is 175 Å². The van der Waals surface area contributed by atoms with Crippen LogP contribution in [0.25, 0.3) is 0 Å². The zero-order valence-corrected chi connectivity index (χ0v) is 17.3. The lowest BCUT2D eigenvalue weighted by Gasteiger charge is -2.30. The number of hydrogen-bond donors (Lipinski definition) is 3. The van der Waals surface area contributed by atoms with Crippen molar-refractivity contribution < 1.29 is 14.6 Å². The van der Waals surface area contributed by atoms with Gasteiger partial charge in [0.05, 0.1) is 13.3 Å². The second kappa shape index (κ2) is 8.34. The number of nitrogens with zero attached hydrogens (tertiary/aromatic N) is 3. The molecule has 2 atom stereocenters. The van der Waals surface area contributed by atoms with Gasteiger partial charge in [-0.1, -0.05) is 18.2 Å². The van der Waals surface area contributed by atoms with Gasteiger partial charge in [0, 0.05) is 42.7 Å². The van der Waals surface area contributed by atoms with Crippen LogP contribution in [0.3, 0.4) is 0 Å². The summed E-state index contributed by atoms with van der Waals surface area (Å²) >= 11 is 6.26. The van der Waals surface area contributed by atoms with Gasteiger partial charge in [0.2, 0.25) is 18.1 Å². The second-order valence-electron chi connectivity index (χ2n) is 7.23. The molecule has 1 aromatic rings. The Morgan fingerprint density at radius 1 is 1.52 bits per heavy atom. The summed E-state index contributed by atoms with van der Waals surface area (Å²) in [6.45, 7) is 7.10. The van der Waals surface area contributed by atoms with Crippen LogP contribution in [0.15, 0.2) is 47.9 Å². The van der Waals surface area contributed by atoms with Crippen molar-refractivity contribution >= 4 is 29.0 Å². The van der Waals surface area contributed by atoms with Gasteiger partial charge < -0.3 is 30.7 Å². The summed E-state index contributed by atoms with van der Waals surface area (Å²) in [6.07, 6.45) is 2.55. The van der Waals surface area contributed by atoms with E-state index in [0.717, 1.165) is 17.7 Å². The number of nitrogens with two attached hydrogens (primary N) is 1. The predicted octanol–water partition coefficient (Wildman–Crippen LogP) is 1.50. The first-order valence-corrected chi connectivity index (χ1v) is 9.64. The van der Waals surface area contributed by atoms with Gasteiger partial charge in [-0.05, 0) is 36.3 Å². The lowest BCUT2D eigenvalue weighted by molar-refractivity contribution is -0.127. The van der Waals surface area contributed by atoms with Gasteiger partial charge in [-0.3, -0.25) is 4.79 Å². The lowest BCUT2D eigenvalue weighted by atomic mass is 9.81. The quantitative estimate of drug-likeness (QED) is 0.289. The number of nitrogens with one attached hydrogen (secondary N) is 1. The van der Waals surface area contributed by atoms with E-state index in [0.29, 0.717) is 30.5 Å². The summed E-state index contributed by atoms with van der Waals surface area (Å²) in [4.78, 5) is 19.7. The molecule has 1 aromatic carbocycles. The Morgan fingerprint density at radius 3 is 2.90 bits per heavy atom. The number of methoxy groups -OCH3 is 1. The third kappa shape index (κ3) is 4.18. The standard InChI is InChI=1S/C20H26ClN5O3/c1-4-18(23-10-17(22)29-3)24-19(28)26-12-20(7-8-25(11-20)13(2)27)15-9-14(21)5-6-16(15)26/h4-6,9-10,19,28H,1,7-8,11-12,22H2,2-3H3,(H,23,24)/b17-10+. The lowest BCUT2D eigenvalue weighted by Crippen LogP contribution is -2.49. The van der Waals surface area contributed by atoms with Gasteiger partial charge in [-0.25, -0.2) is 4.99 Å². The van der Waals surface area contributed by atoms with E-state index in [1.54, 1.807) is 13.0 Å². The highest BCUT2D eigenvalue weighted by Gasteiger charge is 2.49. The first-order valence-electron chi connectivity index (χ1n) is 9.26. The second-order valence-corrected chi connectivity index (χ2v) is 7.67. The number of hydrogen-bond acceptors (Lipinski definition) is 6. The smallest absolute Gasteiger partial charge is 0.219 e. The van der Waals surface area contributed by atoms with Crippen molar-refractivity contribution in [1.82, 2.24) is 10.2 Å². The van der Waals surface area contributed by atoms with Crippen LogP contribution in [-0.4, -0.2) is 54.8 Å². The fourth-order valence-corrected chi connectivity index (χ4v) is 4.11. The molecular formula is C20H26ClN5O3. The van der Waals surface area contributed by atoms with E-state index in [4.69, 9.17) is 22.1 Å². The van der Waals surface area contributed by atoms with Crippen LogP contribution in [0.2, 0.25) is 5.02 Å². The molecule has 8 nitrogen and oxygen atoms in total. The average molecular weight is 420 g/mol. The molecule has 1 fully saturated rings. The maximum absolute atomic E-state index is 11.9. The summed E-state index contributed by atoms with van der Waals surface area (Å²) in [5.41, 5.74) is 7.20. The summed E-state index contributed by atoms with van der Waals surface area (Å²) in [6, 6.07) is 5.61. The van der Waals surface area contributed by atoms with Crippen LogP contribution < -0.4 is 16.0 Å². The van der Waals surface area contributed by atoms with E-state index in [2.05, 4.69) is 16.9 Å². The molecule has 0 aromatic heterocycles. The maximum atomic E-state index is 11.9. The van der Waals surface area contributed by atoms with Crippen LogP contribution in [-0.2, 0) is 14.9 Å². The minimum atomic E-state index is -1.06. The van der Waals surface area contributed by atoms with Gasteiger partial charge >= 0.3 is 0 Å². The number of aliphatic hydroxyl groups excluding tert-OH is 1. The molecular weight excluding hydrogens is 394 g/mol. The first-order chi connectivity index (χ1) is 13.8. The number of carbonyl (C=O) groups is 1. The largest absolute Gasteiger partial charge is 0.482 e. The summed E-state index contributed by atoms with van der Waals surface area (Å²) in [7, 11) is 1.44. The number of benzene rings is 1. The molecule has 0 radical (unpaired) electrons. The molecule has 2 heterocycles. The molecule has 1 saturated heterocycles. The Bertz CT molecular complexity index is 872. The van der Waals surface area contributed by atoms with E-state index in [1.807, 2.05) is 21.9 Å². The molecule has 9 heteroatoms. The fourth-order valence-electron chi connectivity index (χ4n) is 3.93. The molecule has 2 unspecified atom stereocenters. The molecule has 1 amide bonds. The molecule has 0 saturated carbocycles. The van der Waals surface area contributed by atoms with Crippen LogP contribution >= 0.6 is 11.6 Å². The van der Waals surface area contributed by atoms with Gasteiger partial charge in [-0.15, -0.1) is 0 Å². The summed E-state index contributed by atoms with van der Waals surface area (Å²) in [5.74, 6) is 0.521. The molecule has 0 bridgehead atoms. The van der Waals surface area contributed by atoms with Crippen molar-refractivity contribution in [3.63, 3.8) is 0 Å². The van der Waals surface area contributed by atoms with Crippen molar-refractivity contribution in [2.45, 2.75) is 25.1 Å². The SMILES string of the molecule is C=C/C(=N\C=C(/N)OC)NC(O)N1CC2(CCN(C(C)=O)C2)c2cc(Cl)ccc21. The number of ether oxygens (including phenoxy) is 1. The highest BCUT2D eigenvalue weighted by Crippen LogP contribution is 2.47. The van der Waals surface area contributed by atoms with E-state index < -0.39 is 6.35 Å². The van der Waals surface area contributed by atoms with E-state index in [9.17, 15) is 9.90 Å². The number of carbonyl (C=O) groups excluding carboxylic acids is 1. The van der Waals surface area contributed by atoms with Gasteiger partial charge in [0.1, 0.15) is 5.84 Å². The normalized spacial score (nSPS) is 22.6. The Balaban J connectivity index is 1.87. The van der Waals surface area contributed by atoms with Gasteiger partial charge in [0.25, 0.3) is 0 Å². The zero-order chi connectivity index (χ0) is 21.2. The molecule has 2 aliphatic rings. The first kappa shape index (κ1) is 21.0. The van der Waals surface area contributed by atoms with Gasteiger partial charge in [-0.2, -0.15) is 0 Å². The number of amides is 1. The van der Waals surface area contributed by atoms with Crippen molar-refractivity contribution in [3.8, 4) is 0 Å². The number of aliphatic hydroxyl groups is 1. The number of amidine groups is 1. The monoisotopic (exact) mass is 419 g/mol. The van der Waals surface area contributed by atoms with Crippen LogP contribution in [0.5, 0.6) is 0 Å². The predicted molar refractivity (Wildman–Crippen MR) is 113 cm³/mol. The molecule has 29 heavy (non-hydrogen) atoms. The van der Waals surface area contributed by atoms with Crippen molar-refractivity contribution in [2.24, 2.45) is 10.7 Å². The van der Waals surface area contributed by atoms with E-state index in [-0.39, 0.29) is 17.2 Å². The summed E-state index contributed by atoms with van der Waals surface area (Å²) < 4.78 is 4.85. The summed E-state index contributed by atoms with van der Waals surface area (Å²) in [5, 5.41) is 14.5. The molecule has 156 valence electrons. The van der Waals surface area contributed by atoms with Crippen molar-refractivity contribution in [2.75, 3.05) is 31.6 Å². The molecule has 0 aliphatic carbocycles. The van der Waals surface area contributed by atoms with Crippen molar-refractivity contribution in [1.29, 1.82) is 0 Å². The third-order valence-corrected chi connectivity index (χ3v) is 5.68. The Hall–Kier alpha value is -2.71. The molecule has 3 rings (SSSR count). The average Bonchev–Trinajstić information content (AvgIpc) is 3.27. The minimum absolute atomic E-state index is 0.0474. The van der Waals surface area contributed by atoms with E-state index in [1.165, 1.54) is 19.4 Å². The van der Waals surface area contributed by atoms with Crippen molar-refractivity contribution in [3.05, 3.63) is 53.5 Å². The molecule has 2 aliphatic heterocycles. The Morgan fingerprint density at radius 2 is 2.28 bits per heavy atom. The zero-order valence-electron chi connectivity index (χ0n) is 16.6. The highest BCUT2D eigenvalue weighted by atomic mass is 35.5. The number of anilines is 1. The van der Waals surface area contributed by atoms with Gasteiger partial charge in [0.15, 0.2) is 0 Å². The number of halogens is 1. The number of aliphatic imine (C=N–C) groups is 1. The highest BCUT2D eigenvalue weighted by molar-refractivity contribution is 6.30.